The van der Waals surface area contributed by atoms with Crippen LogP contribution in [0.15, 0.2) is 18.2 Å². The molecule has 2 rings (SSSR count). The van der Waals surface area contributed by atoms with Crippen molar-refractivity contribution < 1.29 is 9.50 Å². The van der Waals surface area contributed by atoms with Crippen LogP contribution in [-0.4, -0.2) is 5.11 Å². The molecule has 0 spiro atoms. The lowest BCUT2D eigenvalue weighted by atomic mass is 9.85. The van der Waals surface area contributed by atoms with Crippen LogP contribution in [0.25, 0.3) is 0 Å². The first-order chi connectivity index (χ1) is 4.79. The maximum absolute atomic E-state index is 12.7. The second-order valence-corrected chi connectivity index (χ2v) is 2.53. The van der Waals surface area contributed by atoms with Gasteiger partial charge >= 0.3 is 0 Å². The van der Waals surface area contributed by atoms with E-state index in [2.05, 4.69) is 0 Å². The molecule has 0 saturated carbocycles. The molecule has 0 aromatic heterocycles. The van der Waals surface area contributed by atoms with Crippen molar-refractivity contribution in [3.63, 3.8) is 0 Å². The van der Waals surface area contributed by atoms with Gasteiger partial charge in [-0.2, -0.15) is 0 Å². The first kappa shape index (κ1) is 5.86. The smallest absolute Gasteiger partial charge is 0.129 e. The number of aliphatic hydroxyl groups excluding tert-OH is 1. The Bertz CT molecular complexity index is 256. The quantitative estimate of drug-likeness (QED) is 0.574. The summed E-state index contributed by atoms with van der Waals surface area (Å²) in [5.74, 6) is -0.281. The molecule has 1 nitrogen and oxygen atoms in total. The maximum atomic E-state index is 12.7. The molecule has 0 amide bonds. The van der Waals surface area contributed by atoms with Gasteiger partial charge < -0.3 is 5.11 Å². The monoisotopic (exact) mass is 138 g/mol. The van der Waals surface area contributed by atoms with Crippen LogP contribution in [0.3, 0.4) is 0 Å². The molecule has 0 heterocycles. The molecule has 0 radical (unpaired) electrons. The number of hydrogen-bond acceptors (Lipinski definition) is 1. The molecule has 1 aromatic rings. The van der Waals surface area contributed by atoms with Gasteiger partial charge in [0.2, 0.25) is 0 Å². The molecule has 10 heavy (non-hydrogen) atoms. The molecule has 0 bridgehead atoms. The summed E-state index contributed by atoms with van der Waals surface area (Å²) in [6.45, 7) is 0. The summed E-state index contributed by atoms with van der Waals surface area (Å²) in [5, 5.41) is 9.04. The normalized spacial score (nSPS) is 21.6. The van der Waals surface area contributed by atoms with E-state index in [1.54, 1.807) is 6.07 Å². The van der Waals surface area contributed by atoms with Gasteiger partial charge in [0, 0.05) is 12.0 Å². The Labute approximate surface area is 58.1 Å². The van der Waals surface area contributed by atoms with E-state index in [-0.39, 0.29) is 5.82 Å². The molecule has 0 aliphatic heterocycles. The standard InChI is InChI=1S/C8H7FO/c9-6-3-1-2-5-4-7(10)8(5)6/h1-3,7,10H,4H2/t7-/m1/s1. The first-order valence-electron chi connectivity index (χ1n) is 3.24. The molecule has 1 N–H and O–H groups in total. The molecule has 1 aromatic carbocycles. The van der Waals surface area contributed by atoms with Gasteiger partial charge in [0.25, 0.3) is 0 Å². The van der Waals surface area contributed by atoms with E-state index in [4.69, 9.17) is 5.11 Å². The van der Waals surface area contributed by atoms with Crippen LogP contribution in [0.4, 0.5) is 4.39 Å². The van der Waals surface area contributed by atoms with E-state index in [9.17, 15) is 4.39 Å². The second-order valence-electron chi connectivity index (χ2n) is 2.53. The Morgan fingerprint density at radius 3 is 2.80 bits per heavy atom. The van der Waals surface area contributed by atoms with Crippen LogP contribution in [0.2, 0.25) is 0 Å². The lowest BCUT2D eigenvalue weighted by molar-refractivity contribution is 0.148. The minimum atomic E-state index is -0.559. The average molecular weight is 138 g/mol. The van der Waals surface area contributed by atoms with Crippen molar-refractivity contribution in [2.75, 3.05) is 0 Å². The van der Waals surface area contributed by atoms with Gasteiger partial charge in [-0.3, -0.25) is 0 Å². The Morgan fingerprint density at radius 2 is 2.30 bits per heavy atom. The van der Waals surface area contributed by atoms with E-state index < -0.39 is 6.10 Å². The van der Waals surface area contributed by atoms with Gasteiger partial charge in [0.05, 0.1) is 6.10 Å². The van der Waals surface area contributed by atoms with Crippen LogP contribution >= 0.6 is 0 Å². The van der Waals surface area contributed by atoms with Gasteiger partial charge in [-0.1, -0.05) is 12.1 Å². The Morgan fingerprint density at radius 1 is 1.50 bits per heavy atom. The van der Waals surface area contributed by atoms with Crippen molar-refractivity contribution in [3.8, 4) is 0 Å². The zero-order chi connectivity index (χ0) is 7.14. The third-order valence-electron chi connectivity index (χ3n) is 1.89. The van der Waals surface area contributed by atoms with Crippen molar-refractivity contribution in [1.29, 1.82) is 0 Å². The summed E-state index contributed by atoms with van der Waals surface area (Å²) in [6, 6.07) is 4.88. The van der Waals surface area contributed by atoms with Crippen LogP contribution < -0.4 is 0 Å². The fourth-order valence-electron chi connectivity index (χ4n) is 1.31. The van der Waals surface area contributed by atoms with E-state index in [1.165, 1.54) is 6.07 Å². The third kappa shape index (κ3) is 0.596. The van der Waals surface area contributed by atoms with Crippen molar-refractivity contribution in [3.05, 3.63) is 35.1 Å². The number of aliphatic hydroxyl groups is 1. The lowest BCUT2D eigenvalue weighted by Gasteiger charge is -2.25. The molecule has 2 heteroatoms. The van der Waals surface area contributed by atoms with Crippen molar-refractivity contribution in [2.24, 2.45) is 0 Å². The number of hydrogen-bond donors (Lipinski definition) is 1. The average Bonchev–Trinajstić information content (AvgIpc) is 1.85. The Kier molecular flexibility index (Phi) is 1.05. The zero-order valence-corrected chi connectivity index (χ0v) is 5.34. The Hall–Kier alpha value is -0.890. The topological polar surface area (TPSA) is 20.2 Å². The summed E-state index contributed by atoms with van der Waals surface area (Å²) in [6.07, 6.45) is 0.0452. The number of fused-ring (bicyclic) bond motifs is 1. The highest BCUT2D eigenvalue weighted by molar-refractivity contribution is 5.38. The van der Waals surface area contributed by atoms with Crippen LogP contribution in [0, 0.1) is 5.82 Å². The SMILES string of the molecule is O[C@@H]1Cc2cccc(F)c21. The summed E-state index contributed by atoms with van der Waals surface area (Å²) in [5.41, 5.74) is 1.43. The molecule has 0 fully saturated rings. The van der Waals surface area contributed by atoms with Crippen LogP contribution in [0.1, 0.15) is 17.2 Å². The minimum Gasteiger partial charge on any atom is -0.388 e. The third-order valence-corrected chi connectivity index (χ3v) is 1.89. The summed E-state index contributed by atoms with van der Waals surface area (Å²) >= 11 is 0. The van der Waals surface area contributed by atoms with E-state index in [1.807, 2.05) is 6.07 Å². The highest BCUT2D eigenvalue weighted by atomic mass is 19.1. The number of rotatable bonds is 0. The van der Waals surface area contributed by atoms with Crippen LogP contribution in [-0.2, 0) is 6.42 Å². The van der Waals surface area contributed by atoms with Gasteiger partial charge in [-0.25, -0.2) is 4.39 Å². The van der Waals surface area contributed by atoms with Crippen molar-refractivity contribution in [1.82, 2.24) is 0 Å². The largest absolute Gasteiger partial charge is 0.388 e. The first-order valence-corrected chi connectivity index (χ1v) is 3.24. The summed E-state index contributed by atoms with van der Waals surface area (Å²) < 4.78 is 12.7. The minimum absolute atomic E-state index is 0.281. The van der Waals surface area contributed by atoms with E-state index in [0.29, 0.717) is 12.0 Å². The van der Waals surface area contributed by atoms with Gasteiger partial charge in [-0.15, -0.1) is 0 Å². The van der Waals surface area contributed by atoms with Gasteiger partial charge in [0.15, 0.2) is 0 Å². The second kappa shape index (κ2) is 1.80. The summed E-state index contributed by atoms with van der Waals surface area (Å²) in [7, 11) is 0. The molecule has 1 aliphatic carbocycles. The summed E-state index contributed by atoms with van der Waals surface area (Å²) in [4.78, 5) is 0. The van der Waals surface area contributed by atoms with Crippen LogP contribution in [0.5, 0.6) is 0 Å². The predicted molar refractivity (Wildman–Crippen MR) is 35.1 cm³/mol. The fraction of sp³-hybridized carbons (Fsp3) is 0.250. The van der Waals surface area contributed by atoms with Crippen molar-refractivity contribution >= 4 is 0 Å². The zero-order valence-electron chi connectivity index (χ0n) is 5.34. The number of halogens is 1. The predicted octanol–water partition coefficient (Wildman–Crippen LogP) is 1.42. The van der Waals surface area contributed by atoms with Gasteiger partial charge in [-0.05, 0) is 11.6 Å². The molecule has 52 valence electrons. The molecular weight excluding hydrogens is 131 g/mol. The number of benzene rings is 1. The highest BCUT2D eigenvalue weighted by Gasteiger charge is 2.26. The van der Waals surface area contributed by atoms with Crippen molar-refractivity contribution in [2.45, 2.75) is 12.5 Å². The van der Waals surface area contributed by atoms with E-state index >= 15 is 0 Å². The van der Waals surface area contributed by atoms with Gasteiger partial charge in [0.1, 0.15) is 5.82 Å². The molecule has 1 atom stereocenters. The lowest BCUT2D eigenvalue weighted by Crippen LogP contribution is -2.18. The molecule has 1 aliphatic rings. The molecular formula is C8H7FO. The maximum Gasteiger partial charge on any atom is 0.129 e. The molecule has 0 unspecified atom stereocenters. The Balaban J connectivity index is 2.58. The highest BCUT2D eigenvalue weighted by Crippen LogP contribution is 2.34. The van der Waals surface area contributed by atoms with E-state index in [0.717, 1.165) is 5.56 Å². The fourth-order valence-corrected chi connectivity index (χ4v) is 1.31. The molecule has 0 saturated heterocycles.